The van der Waals surface area contributed by atoms with Crippen molar-refractivity contribution >= 4 is 35.0 Å². The first kappa shape index (κ1) is 22.2. The van der Waals surface area contributed by atoms with Gasteiger partial charge in [0.15, 0.2) is 23.9 Å². The highest BCUT2D eigenvalue weighted by Crippen LogP contribution is 2.29. The van der Waals surface area contributed by atoms with Crippen LogP contribution in [0.2, 0.25) is 0 Å². The Labute approximate surface area is 184 Å². The molecule has 1 atom stereocenters. The van der Waals surface area contributed by atoms with Gasteiger partial charge in [0.1, 0.15) is 6.04 Å². The van der Waals surface area contributed by atoms with Crippen molar-refractivity contribution in [1.29, 1.82) is 5.26 Å². The number of carbonyl (C=O) groups excluding carboxylic acids is 3. The Hall–Kier alpha value is -3.51. The van der Waals surface area contributed by atoms with E-state index >= 15 is 0 Å². The van der Waals surface area contributed by atoms with Gasteiger partial charge >= 0.3 is 0 Å². The minimum Gasteiger partial charge on any atom is -0.493 e. The average molecular weight is 439 g/mol. The summed E-state index contributed by atoms with van der Waals surface area (Å²) in [6, 6.07) is 12.6. The molecule has 1 aliphatic rings. The fourth-order valence-corrected chi connectivity index (χ4v) is 4.17. The van der Waals surface area contributed by atoms with Crippen molar-refractivity contribution in [3.8, 4) is 17.6 Å². The largest absolute Gasteiger partial charge is 0.493 e. The van der Waals surface area contributed by atoms with Crippen molar-refractivity contribution < 1.29 is 23.9 Å². The number of nitrogens with zero attached hydrogens (tertiary/aromatic N) is 2. The zero-order valence-electron chi connectivity index (χ0n) is 17.1. The number of carbonyl (C=O) groups is 3. The number of benzene rings is 2. The number of ketones is 1. The molecule has 1 N–H and O–H groups in total. The lowest BCUT2D eigenvalue weighted by Crippen LogP contribution is -2.46. The fraction of sp³-hybridized carbons (Fsp3) is 0.273. The molecule has 0 spiro atoms. The summed E-state index contributed by atoms with van der Waals surface area (Å²) in [5, 5.41) is 11.6. The summed E-state index contributed by atoms with van der Waals surface area (Å²) in [7, 11) is 1.45. The highest BCUT2D eigenvalue weighted by molar-refractivity contribution is 7.99. The molecule has 9 heteroatoms. The highest BCUT2D eigenvalue weighted by Gasteiger charge is 2.35. The maximum Gasteiger partial charge on any atom is 0.261 e. The van der Waals surface area contributed by atoms with Crippen molar-refractivity contribution in [2.24, 2.45) is 0 Å². The van der Waals surface area contributed by atoms with E-state index < -0.39 is 6.04 Å². The first-order valence-electron chi connectivity index (χ1n) is 9.43. The molecule has 1 saturated heterocycles. The molecule has 8 nitrogen and oxygen atoms in total. The molecule has 160 valence electrons. The molecule has 31 heavy (non-hydrogen) atoms. The van der Waals surface area contributed by atoms with Crippen LogP contribution in [-0.4, -0.2) is 53.9 Å². The van der Waals surface area contributed by atoms with Gasteiger partial charge in [-0.05, 0) is 49.4 Å². The topological polar surface area (TPSA) is 109 Å². The van der Waals surface area contributed by atoms with Crippen molar-refractivity contribution in [3.63, 3.8) is 0 Å². The number of methoxy groups -OCH3 is 1. The van der Waals surface area contributed by atoms with E-state index in [1.165, 1.54) is 30.7 Å². The highest BCUT2D eigenvalue weighted by atomic mass is 32.2. The summed E-state index contributed by atoms with van der Waals surface area (Å²) in [5.41, 5.74) is 1.53. The van der Waals surface area contributed by atoms with E-state index in [4.69, 9.17) is 14.7 Å². The maximum absolute atomic E-state index is 12.7. The van der Waals surface area contributed by atoms with E-state index in [0.29, 0.717) is 39.9 Å². The van der Waals surface area contributed by atoms with Gasteiger partial charge in [0, 0.05) is 17.0 Å². The van der Waals surface area contributed by atoms with Crippen LogP contribution in [-0.2, 0) is 9.59 Å². The zero-order chi connectivity index (χ0) is 22.4. The lowest BCUT2D eigenvalue weighted by atomic mass is 10.1. The van der Waals surface area contributed by atoms with Crippen LogP contribution in [0.3, 0.4) is 0 Å². The van der Waals surface area contributed by atoms with Gasteiger partial charge in [-0.2, -0.15) is 5.26 Å². The molecule has 0 aromatic heterocycles. The van der Waals surface area contributed by atoms with Gasteiger partial charge in [0.25, 0.3) is 5.91 Å². The smallest absolute Gasteiger partial charge is 0.261 e. The Kier molecular flexibility index (Phi) is 7.15. The lowest BCUT2D eigenvalue weighted by molar-refractivity contribution is -0.137. The Morgan fingerprint density at radius 3 is 2.58 bits per heavy atom. The molecule has 2 aromatic rings. The van der Waals surface area contributed by atoms with E-state index in [2.05, 4.69) is 5.32 Å². The van der Waals surface area contributed by atoms with Crippen LogP contribution in [0, 0.1) is 11.3 Å². The van der Waals surface area contributed by atoms with E-state index in [0.717, 1.165) is 0 Å². The van der Waals surface area contributed by atoms with Crippen LogP contribution in [0.25, 0.3) is 0 Å². The molecule has 1 aliphatic heterocycles. The predicted octanol–water partition coefficient (Wildman–Crippen LogP) is 2.69. The van der Waals surface area contributed by atoms with E-state index in [1.54, 1.807) is 42.5 Å². The first-order valence-corrected chi connectivity index (χ1v) is 10.6. The van der Waals surface area contributed by atoms with Crippen LogP contribution in [0.1, 0.15) is 22.8 Å². The predicted molar refractivity (Wildman–Crippen MR) is 116 cm³/mol. The second kappa shape index (κ2) is 10.00. The summed E-state index contributed by atoms with van der Waals surface area (Å²) in [6.45, 7) is 1.18. The molecular weight excluding hydrogens is 418 g/mol. The van der Waals surface area contributed by atoms with Gasteiger partial charge < -0.3 is 19.7 Å². The summed E-state index contributed by atoms with van der Waals surface area (Å²) < 4.78 is 10.9. The number of ether oxygens (including phenoxy) is 2. The number of thioether (sulfide) groups is 1. The molecule has 0 bridgehead atoms. The van der Waals surface area contributed by atoms with Gasteiger partial charge in [-0.1, -0.05) is 0 Å². The number of hydrogen-bond acceptors (Lipinski definition) is 7. The van der Waals surface area contributed by atoms with Gasteiger partial charge in [-0.25, -0.2) is 0 Å². The van der Waals surface area contributed by atoms with E-state index in [1.807, 2.05) is 6.07 Å². The summed E-state index contributed by atoms with van der Waals surface area (Å²) in [5.74, 6) is 0.816. The Morgan fingerprint density at radius 2 is 1.94 bits per heavy atom. The second-order valence-corrected chi connectivity index (χ2v) is 7.77. The summed E-state index contributed by atoms with van der Waals surface area (Å²) in [6.07, 6.45) is 0. The summed E-state index contributed by atoms with van der Waals surface area (Å²) >= 11 is 1.48. The van der Waals surface area contributed by atoms with Crippen LogP contribution >= 0.6 is 11.8 Å². The van der Waals surface area contributed by atoms with Gasteiger partial charge in [0.05, 0.1) is 24.6 Å². The van der Waals surface area contributed by atoms with Crippen molar-refractivity contribution in [2.75, 3.05) is 30.7 Å². The Bertz CT molecular complexity index is 1030. The Balaban J connectivity index is 1.62. The minimum atomic E-state index is -0.626. The number of hydrogen-bond donors (Lipinski definition) is 1. The molecule has 2 aromatic carbocycles. The van der Waals surface area contributed by atoms with Crippen molar-refractivity contribution in [2.45, 2.75) is 13.0 Å². The normalized spacial score (nSPS) is 15.1. The number of rotatable bonds is 7. The second-order valence-electron chi connectivity index (χ2n) is 6.77. The first-order chi connectivity index (χ1) is 14.9. The van der Waals surface area contributed by atoms with Gasteiger partial charge in [0.2, 0.25) is 5.91 Å². The maximum atomic E-state index is 12.7. The number of nitriles is 1. The number of anilines is 1. The molecule has 0 saturated carbocycles. The van der Waals surface area contributed by atoms with Gasteiger partial charge in [-0.3, -0.25) is 14.4 Å². The molecule has 1 fully saturated rings. The molecule has 3 rings (SSSR count). The van der Waals surface area contributed by atoms with Crippen LogP contribution in [0.15, 0.2) is 42.5 Å². The molecular formula is C22H21N3O5S. The van der Waals surface area contributed by atoms with Gasteiger partial charge in [-0.15, -0.1) is 11.8 Å². The van der Waals surface area contributed by atoms with Crippen LogP contribution < -0.4 is 14.8 Å². The standard InChI is InChI=1S/C22H21N3O5S/c1-14(26)16-5-8-19(20(9-16)29-2)30-11-21(27)25-13-31-12-18(25)22(28)24-17-6-3-15(10-23)4-7-17/h3-9,18H,11-13H2,1-2H3,(H,24,28). The Morgan fingerprint density at radius 1 is 1.19 bits per heavy atom. The fourth-order valence-electron chi connectivity index (χ4n) is 2.99. The quantitative estimate of drug-likeness (QED) is 0.661. The molecule has 2 amide bonds. The number of Topliss-reactive ketones (excluding diaryl/α,β-unsaturated/α-hetero) is 1. The average Bonchev–Trinajstić information content (AvgIpc) is 3.28. The lowest BCUT2D eigenvalue weighted by Gasteiger charge is -2.23. The van der Waals surface area contributed by atoms with Crippen molar-refractivity contribution in [3.05, 3.63) is 53.6 Å². The molecule has 1 unspecified atom stereocenters. The monoisotopic (exact) mass is 439 g/mol. The minimum absolute atomic E-state index is 0.105. The van der Waals surface area contributed by atoms with E-state index in [-0.39, 0.29) is 24.2 Å². The molecule has 0 radical (unpaired) electrons. The number of nitrogens with one attached hydrogen (secondary N) is 1. The number of amides is 2. The summed E-state index contributed by atoms with van der Waals surface area (Å²) in [4.78, 5) is 38.4. The van der Waals surface area contributed by atoms with E-state index in [9.17, 15) is 14.4 Å². The third-order valence-corrected chi connectivity index (χ3v) is 5.72. The third kappa shape index (κ3) is 5.35. The zero-order valence-corrected chi connectivity index (χ0v) is 17.9. The molecule has 0 aliphatic carbocycles. The SMILES string of the molecule is COc1cc(C(C)=O)ccc1OCC(=O)N1CSCC1C(=O)Nc1ccc(C#N)cc1. The third-order valence-electron chi connectivity index (χ3n) is 4.71. The molecule has 1 heterocycles. The van der Waals surface area contributed by atoms with Crippen LogP contribution in [0.5, 0.6) is 11.5 Å². The van der Waals surface area contributed by atoms with Crippen LogP contribution in [0.4, 0.5) is 5.69 Å². The van der Waals surface area contributed by atoms with Crippen molar-refractivity contribution in [1.82, 2.24) is 4.90 Å².